The number of carbonyl (C=O) groups excluding carboxylic acids is 1. The highest BCUT2D eigenvalue weighted by Gasteiger charge is 2.48. The second-order valence-electron chi connectivity index (χ2n) is 4.74. The first-order chi connectivity index (χ1) is 10.0. The molecule has 1 unspecified atom stereocenters. The fourth-order valence-corrected chi connectivity index (χ4v) is 2.48. The number of benzene rings is 2. The first-order valence-electron chi connectivity index (χ1n) is 6.62. The van der Waals surface area contributed by atoms with Crippen LogP contribution in [0.3, 0.4) is 0 Å². The van der Waals surface area contributed by atoms with E-state index in [0.717, 1.165) is 0 Å². The van der Waals surface area contributed by atoms with Gasteiger partial charge in [-0.25, -0.2) is 4.39 Å². The predicted molar refractivity (Wildman–Crippen MR) is 76.8 cm³/mol. The van der Waals surface area contributed by atoms with Crippen molar-refractivity contribution in [2.75, 3.05) is 0 Å². The van der Waals surface area contributed by atoms with Gasteiger partial charge in [-0.1, -0.05) is 55.5 Å². The molecule has 0 fully saturated rings. The van der Waals surface area contributed by atoms with Crippen LogP contribution in [0.2, 0.25) is 0 Å². The normalized spacial score (nSPS) is 13.4. The molecule has 2 aromatic rings. The lowest BCUT2D eigenvalue weighted by molar-refractivity contribution is -0.142. The minimum absolute atomic E-state index is 0.0308. The van der Waals surface area contributed by atoms with E-state index < -0.39 is 23.0 Å². The summed E-state index contributed by atoms with van der Waals surface area (Å²) in [7, 11) is 0. The second-order valence-corrected chi connectivity index (χ2v) is 4.74. The van der Waals surface area contributed by atoms with E-state index in [1.807, 2.05) is 0 Å². The van der Waals surface area contributed by atoms with Gasteiger partial charge in [-0.2, -0.15) is 0 Å². The van der Waals surface area contributed by atoms with Gasteiger partial charge in [-0.05, 0) is 12.5 Å². The molecule has 0 aliphatic rings. The lowest BCUT2D eigenvalue weighted by Crippen LogP contribution is -2.44. The van der Waals surface area contributed by atoms with Gasteiger partial charge in [0.1, 0.15) is 5.82 Å². The molecule has 2 aromatic carbocycles. The number of ketones is 1. The summed E-state index contributed by atoms with van der Waals surface area (Å²) in [5.41, 5.74) is -1.76. The maximum Gasteiger partial charge on any atom is 0.322 e. The first-order valence-corrected chi connectivity index (χ1v) is 6.62. The zero-order valence-electron chi connectivity index (χ0n) is 11.5. The van der Waals surface area contributed by atoms with Crippen LogP contribution in [0.4, 0.5) is 4.39 Å². The Kier molecular flexibility index (Phi) is 4.17. The van der Waals surface area contributed by atoms with Gasteiger partial charge in [0.25, 0.3) is 0 Å². The molecule has 2 rings (SSSR count). The van der Waals surface area contributed by atoms with Gasteiger partial charge >= 0.3 is 5.97 Å². The maximum atomic E-state index is 14.1. The topological polar surface area (TPSA) is 54.4 Å². The SMILES string of the molecule is CCC(C(=O)O)(C(=O)c1ccccc1)c1ccccc1F. The number of Topliss-reactive ketones (excluding diaryl/α,β-unsaturated/α-hetero) is 1. The highest BCUT2D eigenvalue weighted by molar-refractivity contribution is 6.16. The lowest BCUT2D eigenvalue weighted by atomic mass is 9.72. The van der Waals surface area contributed by atoms with Crippen LogP contribution in [0.1, 0.15) is 29.3 Å². The Bertz CT molecular complexity index is 667. The molecule has 1 atom stereocenters. The van der Waals surface area contributed by atoms with Crippen molar-refractivity contribution < 1.29 is 19.1 Å². The van der Waals surface area contributed by atoms with Crippen molar-refractivity contribution in [1.82, 2.24) is 0 Å². The number of carboxylic acid groups (broad SMARTS) is 1. The molecule has 0 saturated carbocycles. The Morgan fingerprint density at radius 2 is 1.62 bits per heavy atom. The minimum Gasteiger partial charge on any atom is -0.480 e. The summed E-state index contributed by atoms with van der Waals surface area (Å²) in [4.78, 5) is 24.6. The zero-order valence-corrected chi connectivity index (χ0v) is 11.5. The third-order valence-electron chi connectivity index (χ3n) is 3.65. The number of carboxylic acids is 1. The van der Waals surface area contributed by atoms with Crippen LogP contribution in [-0.4, -0.2) is 16.9 Å². The molecule has 0 amide bonds. The summed E-state index contributed by atoms with van der Waals surface area (Å²) in [5.74, 6) is -2.64. The molecular formula is C17H15FO3. The van der Waals surface area contributed by atoms with Gasteiger partial charge in [-0.3, -0.25) is 9.59 Å². The van der Waals surface area contributed by atoms with E-state index in [4.69, 9.17) is 0 Å². The van der Waals surface area contributed by atoms with E-state index in [-0.39, 0.29) is 17.5 Å². The van der Waals surface area contributed by atoms with Crippen LogP contribution < -0.4 is 0 Å². The quantitative estimate of drug-likeness (QED) is 0.676. The van der Waals surface area contributed by atoms with Crippen molar-refractivity contribution in [1.29, 1.82) is 0 Å². The monoisotopic (exact) mass is 286 g/mol. The lowest BCUT2D eigenvalue weighted by Gasteiger charge is -2.27. The Morgan fingerprint density at radius 1 is 1.05 bits per heavy atom. The Morgan fingerprint density at radius 3 is 2.14 bits per heavy atom. The average Bonchev–Trinajstić information content (AvgIpc) is 2.50. The van der Waals surface area contributed by atoms with Crippen molar-refractivity contribution in [3.05, 3.63) is 71.5 Å². The summed E-state index contributed by atoms with van der Waals surface area (Å²) in [6, 6.07) is 13.6. The number of carbonyl (C=O) groups is 2. The molecule has 0 heterocycles. The van der Waals surface area contributed by atoms with Crippen molar-refractivity contribution in [2.24, 2.45) is 0 Å². The summed E-state index contributed by atoms with van der Waals surface area (Å²) in [6.45, 7) is 1.57. The van der Waals surface area contributed by atoms with Gasteiger partial charge in [-0.15, -0.1) is 0 Å². The van der Waals surface area contributed by atoms with E-state index in [9.17, 15) is 19.1 Å². The maximum absolute atomic E-state index is 14.1. The molecule has 0 spiro atoms. The smallest absolute Gasteiger partial charge is 0.322 e. The highest BCUT2D eigenvalue weighted by Crippen LogP contribution is 2.34. The van der Waals surface area contributed by atoms with Crippen molar-refractivity contribution in [3.63, 3.8) is 0 Å². The zero-order chi connectivity index (χ0) is 15.5. The Labute approximate surface area is 122 Å². The van der Waals surface area contributed by atoms with E-state index >= 15 is 0 Å². The van der Waals surface area contributed by atoms with Gasteiger partial charge in [0.05, 0.1) is 0 Å². The van der Waals surface area contributed by atoms with E-state index in [1.54, 1.807) is 25.1 Å². The van der Waals surface area contributed by atoms with Gasteiger partial charge in [0, 0.05) is 11.1 Å². The third kappa shape index (κ3) is 2.44. The van der Waals surface area contributed by atoms with Gasteiger partial charge < -0.3 is 5.11 Å². The minimum atomic E-state index is -1.91. The molecule has 108 valence electrons. The number of hydrogen-bond donors (Lipinski definition) is 1. The van der Waals surface area contributed by atoms with Gasteiger partial charge in [0.2, 0.25) is 0 Å². The molecule has 0 saturated heterocycles. The largest absolute Gasteiger partial charge is 0.480 e. The van der Waals surface area contributed by atoms with E-state index in [1.165, 1.54) is 36.4 Å². The molecule has 0 aromatic heterocycles. The van der Waals surface area contributed by atoms with E-state index in [0.29, 0.717) is 0 Å². The van der Waals surface area contributed by atoms with Crippen LogP contribution >= 0.6 is 0 Å². The van der Waals surface area contributed by atoms with Crippen LogP contribution in [0.25, 0.3) is 0 Å². The van der Waals surface area contributed by atoms with Crippen LogP contribution in [-0.2, 0) is 10.2 Å². The fourth-order valence-electron chi connectivity index (χ4n) is 2.48. The van der Waals surface area contributed by atoms with Crippen LogP contribution in [0.5, 0.6) is 0 Å². The number of hydrogen-bond acceptors (Lipinski definition) is 2. The molecule has 21 heavy (non-hydrogen) atoms. The van der Waals surface area contributed by atoms with Crippen molar-refractivity contribution in [2.45, 2.75) is 18.8 Å². The molecule has 0 bridgehead atoms. The summed E-state index contributed by atoms with van der Waals surface area (Å²) in [5, 5.41) is 9.65. The second kappa shape index (κ2) is 5.87. The molecule has 0 aliphatic heterocycles. The first kappa shape index (κ1) is 14.9. The predicted octanol–water partition coefficient (Wildman–Crippen LogP) is 3.44. The van der Waals surface area contributed by atoms with Crippen LogP contribution in [0.15, 0.2) is 54.6 Å². The molecular weight excluding hydrogens is 271 g/mol. The Hall–Kier alpha value is -2.49. The molecule has 4 heteroatoms. The summed E-state index contributed by atoms with van der Waals surface area (Å²) < 4.78 is 14.1. The highest BCUT2D eigenvalue weighted by atomic mass is 19.1. The molecule has 0 aliphatic carbocycles. The fraction of sp³-hybridized carbons (Fsp3) is 0.176. The summed E-state index contributed by atoms with van der Waals surface area (Å²) >= 11 is 0. The third-order valence-corrected chi connectivity index (χ3v) is 3.65. The average molecular weight is 286 g/mol. The standard InChI is InChI=1S/C17H15FO3/c1-2-17(16(20)21,13-10-6-7-11-14(13)18)15(19)12-8-4-3-5-9-12/h3-11H,2H2,1H3,(H,20,21). The van der Waals surface area contributed by atoms with Gasteiger partial charge in [0.15, 0.2) is 11.2 Å². The number of halogens is 1. The Balaban J connectivity index is 2.67. The number of rotatable bonds is 5. The molecule has 1 N–H and O–H groups in total. The van der Waals surface area contributed by atoms with Crippen LogP contribution in [0, 0.1) is 5.82 Å². The number of aliphatic carboxylic acids is 1. The molecule has 3 nitrogen and oxygen atoms in total. The summed E-state index contributed by atoms with van der Waals surface area (Å²) in [6.07, 6.45) is -0.0308. The molecule has 0 radical (unpaired) electrons. The van der Waals surface area contributed by atoms with Crippen molar-refractivity contribution >= 4 is 11.8 Å². The van der Waals surface area contributed by atoms with Crippen molar-refractivity contribution in [3.8, 4) is 0 Å². The van der Waals surface area contributed by atoms with E-state index in [2.05, 4.69) is 0 Å².